The van der Waals surface area contributed by atoms with Gasteiger partial charge in [0.05, 0.1) is 5.39 Å². The van der Waals surface area contributed by atoms with Gasteiger partial charge in [0.1, 0.15) is 10.7 Å². The molecule has 0 spiro atoms. The van der Waals surface area contributed by atoms with Crippen LogP contribution in [0.25, 0.3) is 21.3 Å². The molecular formula is C19H20ClN3O2S. The van der Waals surface area contributed by atoms with E-state index in [0.29, 0.717) is 22.7 Å². The van der Waals surface area contributed by atoms with Gasteiger partial charge < -0.3 is 5.73 Å². The van der Waals surface area contributed by atoms with Crippen LogP contribution in [0.3, 0.4) is 0 Å². The van der Waals surface area contributed by atoms with E-state index >= 15 is 0 Å². The molecule has 0 fully saturated rings. The van der Waals surface area contributed by atoms with Gasteiger partial charge in [0.15, 0.2) is 0 Å². The predicted octanol–water partition coefficient (Wildman–Crippen LogP) is 3.91. The Bertz CT molecular complexity index is 1020. The number of nitrogens with two attached hydrogens (primary N) is 1. The molecule has 2 N–H and O–H groups in total. The van der Waals surface area contributed by atoms with Gasteiger partial charge in [-0.15, -0.1) is 11.3 Å². The second-order valence-electron chi connectivity index (χ2n) is 6.17. The molecule has 0 aliphatic heterocycles. The quantitative estimate of drug-likeness (QED) is 0.694. The van der Waals surface area contributed by atoms with Crippen molar-refractivity contribution in [2.75, 3.05) is 0 Å². The van der Waals surface area contributed by atoms with Gasteiger partial charge >= 0.3 is 0 Å². The van der Waals surface area contributed by atoms with Crippen LogP contribution in [0.5, 0.6) is 0 Å². The Morgan fingerprint density at radius 2 is 2.00 bits per heavy atom. The monoisotopic (exact) mass is 389 g/mol. The average Bonchev–Trinajstić information content (AvgIpc) is 2.91. The zero-order valence-electron chi connectivity index (χ0n) is 14.7. The van der Waals surface area contributed by atoms with E-state index in [-0.39, 0.29) is 18.5 Å². The van der Waals surface area contributed by atoms with Crippen molar-refractivity contribution in [3.05, 3.63) is 50.3 Å². The van der Waals surface area contributed by atoms with Crippen LogP contribution >= 0.6 is 22.9 Å². The minimum Gasteiger partial charge on any atom is -0.370 e. The highest BCUT2D eigenvalue weighted by Crippen LogP contribution is 2.36. The molecule has 1 amide bonds. The van der Waals surface area contributed by atoms with Crippen LogP contribution in [0, 0.1) is 6.92 Å². The smallest absolute Gasteiger partial charge is 0.262 e. The van der Waals surface area contributed by atoms with E-state index in [1.54, 1.807) is 4.57 Å². The number of carbonyl (C=O) groups excluding carboxylic acids is 1. The lowest BCUT2D eigenvalue weighted by Gasteiger charge is -2.11. The van der Waals surface area contributed by atoms with Gasteiger partial charge in [-0.05, 0) is 31.0 Å². The number of primary amides is 1. The molecule has 0 aliphatic carbocycles. The van der Waals surface area contributed by atoms with Crippen LogP contribution in [0.4, 0.5) is 0 Å². The molecule has 2 heterocycles. The van der Waals surface area contributed by atoms with Crippen LogP contribution in [-0.2, 0) is 17.8 Å². The first-order chi connectivity index (χ1) is 12.4. The first-order valence-electron chi connectivity index (χ1n) is 8.49. The van der Waals surface area contributed by atoms with E-state index in [2.05, 4.69) is 0 Å². The van der Waals surface area contributed by atoms with Crippen molar-refractivity contribution >= 4 is 39.1 Å². The zero-order chi connectivity index (χ0) is 18.8. The van der Waals surface area contributed by atoms with Crippen molar-refractivity contribution in [2.24, 2.45) is 5.73 Å². The maximum Gasteiger partial charge on any atom is 0.262 e. The summed E-state index contributed by atoms with van der Waals surface area (Å²) in [6.45, 7) is 4.28. The number of benzene rings is 1. The summed E-state index contributed by atoms with van der Waals surface area (Å²) in [6, 6.07) is 7.43. The van der Waals surface area contributed by atoms with E-state index in [0.717, 1.165) is 27.3 Å². The molecule has 2 aromatic heterocycles. The maximum absolute atomic E-state index is 13.3. The summed E-state index contributed by atoms with van der Waals surface area (Å²) in [5, 5.41) is 1.24. The SMILES string of the molecule is CCCc1nc2sc(C)c(-c3ccc(Cl)cc3)c2c(=O)n1CCC(N)=O. The van der Waals surface area contributed by atoms with Crippen molar-refractivity contribution in [3.63, 3.8) is 0 Å². The first kappa shape index (κ1) is 18.6. The third-order valence-corrected chi connectivity index (χ3v) is 5.51. The lowest BCUT2D eigenvalue weighted by atomic mass is 10.0. The van der Waals surface area contributed by atoms with Gasteiger partial charge in [0, 0.05) is 34.8 Å². The molecule has 26 heavy (non-hydrogen) atoms. The standard InChI is InChI=1S/C19H20ClN3O2S/c1-3-4-15-22-18-17(19(25)23(15)10-9-14(21)24)16(11(2)26-18)12-5-7-13(20)8-6-12/h5-8H,3-4,9-10H2,1-2H3,(H2,21,24). The number of amides is 1. The zero-order valence-corrected chi connectivity index (χ0v) is 16.3. The molecule has 0 radical (unpaired) electrons. The third kappa shape index (κ3) is 3.52. The summed E-state index contributed by atoms with van der Waals surface area (Å²) < 4.78 is 1.60. The number of aryl methyl sites for hydroxylation is 2. The topological polar surface area (TPSA) is 78.0 Å². The molecule has 7 heteroatoms. The number of hydrogen-bond acceptors (Lipinski definition) is 4. The fourth-order valence-electron chi connectivity index (χ4n) is 3.07. The number of nitrogens with zero attached hydrogens (tertiary/aromatic N) is 2. The van der Waals surface area contributed by atoms with Crippen molar-refractivity contribution < 1.29 is 4.79 Å². The summed E-state index contributed by atoms with van der Waals surface area (Å²) in [4.78, 5) is 31.0. The van der Waals surface area contributed by atoms with Gasteiger partial charge in [-0.25, -0.2) is 4.98 Å². The molecule has 0 saturated carbocycles. The van der Waals surface area contributed by atoms with Crippen molar-refractivity contribution in [1.29, 1.82) is 0 Å². The number of halogens is 1. The lowest BCUT2D eigenvalue weighted by molar-refractivity contribution is -0.118. The van der Waals surface area contributed by atoms with E-state index in [1.807, 2.05) is 38.1 Å². The Labute approximate surface area is 160 Å². The predicted molar refractivity (Wildman–Crippen MR) is 107 cm³/mol. The largest absolute Gasteiger partial charge is 0.370 e. The fourth-order valence-corrected chi connectivity index (χ4v) is 4.25. The number of carbonyl (C=O) groups is 1. The van der Waals surface area contributed by atoms with Crippen molar-refractivity contribution in [1.82, 2.24) is 9.55 Å². The molecule has 3 aromatic rings. The highest BCUT2D eigenvalue weighted by atomic mass is 35.5. The lowest BCUT2D eigenvalue weighted by Crippen LogP contribution is -2.27. The highest BCUT2D eigenvalue weighted by molar-refractivity contribution is 7.19. The number of rotatable bonds is 6. The Hall–Kier alpha value is -2.18. The number of aromatic nitrogens is 2. The Morgan fingerprint density at radius 3 is 2.62 bits per heavy atom. The Kier molecular flexibility index (Phi) is 5.44. The third-order valence-electron chi connectivity index (χ3n) is 4.26. The normalized spacial score (nSPS) is 11.2. The van der Waals surface area contributed by atoms with E-state index in [9.17, 15) is 9.59 Å². The van der Waals surface area contributed by atoms with Crippen LogP contribution in [0.15, 0.2) is 29.1 Å². The molecular weight excluding hydrogens is 370 g/mol. The summed E-state index contributed by atoms with van der Waals surface area (Å²) in [5.41, 5.74) is 6.98. The molecule has 5 nitrogen and oxygen atoms in total. The molecule has 0 aliphatic rings. The van der Waals surface area contributed by atoms with Crippen LogP contribution in [0.1, 0.15) is 30.5 Å². The molecule has 136 valence electrons. The molecule has 0 saturated heterocycles. The van der Waals surface area contributed by atoms with Crippen LogP contribution < -0.4 is 11.3 Å². The fraction of sp³-hybridized carbons (Fsp3) is 0.316. The van der Waals surface area contributed by atoms with Crippen molar-refractivity contribution in [3.8, 4) is 11.1 Å². The summed E-state index contributed by atoms with van der Waals surface area (Å²) in [7, 11) is 0. The van der Waals surface area contributed by atoms with Gasteiger partial charge in [-0.1, -0.05) is 30.7 Å². The number of thiophene rings is 1. The van der Waals surface area contributed by atoms with Crippen molar-refractivity contribution in [2.45, 2.75) is 39.7 Å². The van der Waals surface area contributed by atoms with Gasteiger partial charge in [-0.3, -0.25) is 14.2 Å². The average molecular weight is 390 g/mol. The molecule has 0 unspecified atom stereocenters. The first-order valence-corrected chi connectivity index (χ1v) is 9.68. The summed E-state index contributed by atoms with van der Waals surface area (Å²) in [6.07, 6.45) is 1.66. The van der Waals surface area contributed by atoms with Crippen LogP contribution in [-0.4, -0.2) is 15.5 Å². The van der Waals surface area contributed by atoms with Gasteiger partial charge in [0.2, 0.25) is 5.91 Å². The number of fused-ring (bicyclic) bond motifs is 1. The summed E-state index contributed by atoms with van der Waals surface area (Å²) >= 11 is 7.51. The second kappa shape index (κ2) is 7.60. The van der Waals surface area contributed by atoms with E-state index in [4.69, 9.17) is 22.3 Å². The highest BCUT2D eigenvalue weighted by Gasteiger charge is 2.19. The molecule has 3 rings (SSSR count). The van der Waals surface area contributed by atoms with Crippen LogP contribution in [0.2, 0.25) is 5.02 Å². The van der Waals surface area contributed by atoms with Gasteiger partial charge in [0.25, 0.3) is 5.56 Å². The Balaban J connectivity index is 2.26. The number of hydrogen-bond donors (Lipinski definition) is 1. The van der Waals surface area contributed by atoms with E-state index < -0.39 is 5.91 Å². The van der Waals surface area contributed by atoms with Gasteiger partial charge in [-0.2, -0.15) is 0 Å². The maximum atomic E-state index is 13.3. The Morgan fingerprint density at radius 1 is 1.31 bits per heavy atom. The van der Waals surface area contributed by atoms with E-state index in [1.165, 1.54) is 11.3 Å². The summed E-state index contributed by atoms with van der Waals surface area (Å²) in [5.74, 6) is 0.272. The minimum absolute atomic E-state index is 0.114. The minimum atomic E-state index is -0.432. The molecule has 0 bridgehead atoms. The second-order valence-corrected chi connectivity index (χ2v) is 7.81. The molecule has 0 atom stereocenters. The molecule has 1 aromatic carbocycles.